The summed E-state index contributed by atoms with van der Waals surface area (Å²) in [7, 11) is 0. The number of hydrogen-bond donors (Lipinski definition) is 1. The van der Waals surface area contributed by atoms with Crippen LogP contribution in [0.25, 0.3) is 0 Å². The second-order valence-electron chi connectivity index (χ2n) is 9.91. The van der Waals surface area contributed by atoms with Crippen molar-refractivity contribution in [2.75, 3.05) is 107 Å². The maximum atomic E-state index is 6.17. The molecule has 228 valence electrons. The molecule has 2 aromatic rings. The van der Waals surface area contributed by atoms with E-state index < -0.39 is 0 Å². The monoisotopic (exact) mass is 632 g/mol. The summed E-state index contributed by atoms with van der Waals surface area (Å²) in [5.74, 6) is 2.14. The summed E-state index contributed by atoms with van der Waals surface area (Å²) < 4.78 is 21.2. The molecule has 15 heteroatoms. The van der Waals surface area contributed by atoms with E-state index in [9.17, 15) is 0 Å². The largest absolute Gasteiger partial charge is 0.379 e. The van der Waals surface area contributed by atoms with E-state index in [1.807, 2.05) is 11.0 Å². The van der Waals surface area contributed by atoms with E-state index in [-0.39, 0.29) is 0 Å². The Morgan fingerprint density at radius 1 is 0.659 bits per heavy atom. The molecule has 0 aliphatic carbocycles. The van der Waals surface area contributed by atoms with Gasteiger partial charge in [-0.15, -0.1) is 0 Å². The summed E-state index contributed by atoms with van der Waals surface area (Å²) in [4.78, 5) is 23.6. The van der Waals surface area contributed by atoms with E-state index in [0.29, 0.717) is 72.5 Å². The summed E-state index contributed by atoms with van der Waals surface area (Å²) in [5, 5.41) is 4.47. The zero-order valence-electron chi connectivity index (χ0n) is 23.6. The van der Waals surface area contributed by atoms with Gasteiger partial charge in [-0.1, -0.05) is 34.8 Å². The number of ether oxygens (including phenoxy) is 4. The lowest BCUT2D eigenvalue weighted by molar-refractivity contribution is 0.0824. The molecule has 0 amide bonds. The van der Waals surface area contributed by atoms with E-state index in [0.717, 1.165) is 64.9 Å². The van der Waals surface area contributed by atoms with Crippen LogP contribution in [0.5, 0.6) is 0 Å². The fourth-order valence-corrected chi connectivity index (χ4v) is 5.08. The van der Waals surface area contributed by atoms with Gasteiger partial charge in [-0.3, -0.25) is 0 Å². The fraction of sp³-hybridized carbons (Fsp3) is 0.692. The molecule has 4 fully saturated rings. The zero-order valence-corrected chi connectivity index (χ0v) is 25.9. The Bertz CT molecular complexity index is 1050. The van der Waals surface area contributed by atoms with Crippen LogP contribution in [-0.2, 0) is 18.9 Å². The molecule has 41 heavy (non-hydrogen) atoms. The maximum Gasteiger partial charge on any atom is 0.228 e. The molecular formula is C26H39Cl3N8O4. The van der Waals surface area contributed by atoms with E-state index >= 15 is 0 Å². The number of anilines is 3. The molecule has 2 aromatic heterocycles. The zero-order chi connectivity index (χ0) is 29.0. The van der Waals surface area contributed by atoms with Gasteiger partial charge < -0.3 is 39.0 Å². The summed E-state index contributed by atoms with van der Waals surface area (Å²) in [6.45, 7) is 15.2. The lowest BCUT2D eigenvalue weighted by Gasteiger charge is -2.35. The van der Waals surface area contributed by atoms with Gasteiger partial charge in [0.1, 0.15) is 21.3 Å². The second-order valence-corrected chi connectivity index (χ2v) is 11.1. The predicted octanol–water partition coefficient (Wildman–Crippen LogP) is 2.81. The quantitative estimate of drug-likeness (QED) is 0.502. The van der Waals surface area contributed by atoms with Crippen LogP contribution >= 0.6 is 34.8 Å². The Labute approximate surface area is 256 Å². The van der Waals surface area contributed by atoms with Gasteiger partial charge in [0.05, 0.1) is 58.9 Å². The van der Waals surface area contributed by atoms with Gasteiger partial charge in [-0.2, -0.15) is 4.98 Å². The van der Waals surface area contributed by atoms with Crippen LogP contribution in [0, 0.1) is 0 Å². The van der Waals surface area contributed by atoms with Gasteiger partial charge in [0.15, 0.2) is 0 Å². The molecule has 0 spiro atoms. The third-order valence-corrected chi connectivity index (χ3v) is 7.26. The van der Waals surface area contributed by atoms with E-state index in [1.54, 1.807) is 0 Å². The summed E-state index contributed by atoms with van der Waals surface area (Å²) in [6, 6.07) is 4.21. The summed E-state index contributed by atoms with van der Waals surface area (Å²) in [5.41, 5.74) is 0. The highest BCUT2D eigenvalue weighted by Crippen LogP contribution is 2.24. The van der Waals surface area contributed by atoms with Crippen molar-refractivity contribution in [1.82, 2.24) is 25.3 Å². The molecule has 4 saturated heterocycles. The highest BCUT2D eigenvalue weighted by molar-refractivity contribution is 6.33. The third-order valence-electron chi connectivity index (χ3n) is 6.68. The van der Waals surface area contributed by atoms with Crippen molar-refractivity contribution >= 4 is 52.5 Å². The molecule has 4 aliphatic rings. The van der Waals surface area contributed by atoms with Crippen molar-refractivity contribution in [3.63, 3.8) is 0 Å². The Hall–Kier alpha value is -1.77. The number of morpholine rings is 4. The van der Waals surface area contributed by atoms with E-state index in [1.165, 1.54) is 6.07 Å². The Morgan fingerprint density at radius 2 is 1.17 bits per heavy atom. The van der Waals surface area contributed by atoms with E-state index in [2.05, 4.69) is 48.9 Å². The SMILES string of the molecule is C[C@H]1COCCN1.C[C@H]1COCCN1c1cc(Cl)nc(N2CCOCC2)n1.Clc1cc(Cl)nc(N2CCOCC2)n1. The minimum absolute atomic E-state index is 0.298. The van der Waals surface area contributed by atoms with Gasteiger partial charge >= 0.3 is 0 Å². The van der Waals surface area contributed by atoms with Crippen molar-refractivity contribution in [1.29, 1.82) is 0 Å². The third kappa shape index (κ3) is 10.5. The number of aromatic nitrogens is 4. The first-order valence-corrected chi connectivity index (χ1v) is 15.1. The minimum atomic E-state index is 0.298. The van der Waals surface area contributed by atoms with Crippen LogP contribution in [0.3, 0.4) is 0 Å². The molecule has 1 N–H and O–H groups in total. The fourth-order valence-electron chi connectivity index (χ4n) is 4.49. The van der Waals surface area contributed by atoms with Crippen LogP contribution in [0.1, 0.15) is 13.8 Å². The lowest BCUT2D eigenvalue weighted by Crippen LogP contribution is -2.44. The van der Waals surface area contributed by atoms with Crippen LogP contribution in [0.4, 0.5) is 17.7 Å². The standard InChI is InChI=1S/C13H19ClN4O2.C8H9Cl2N3O.C5H11NO/c1-10-9-20-7-4-18(10)12-8-11(14)15-13(16-12)17-2-5-19-6-3-17;9-6-5-7(10)12-8(11-6)13-1-3-14-4-2-13;1-5-4-7-3-2-6-5/h8,10H,2-7,9H2,1H3;5H,1-4H2;5-6H,2-4H2,1H3/t10-;;5-/m0.0/s1. The summed E-state index contributed by atoms with van der Waals surface area (Å²) in [6.07, 6.45) is 0. The molecule has 0 radical (unpaired) electrons. The second kappa shape index (κ2) is 16.8. The van der Waals surface area contributed by atoms with Gasteiger partial charge in [-0.05, 0) is 13.8 Å². The van der Waals surface area contributed by atoms with Gasteiger partial charge in [-0.25, -0.2) is 15.0 Å². The minimum Gasteiger partial charge on any atom is -0.379 e. The van der Waals surface area contributed by atoms with Crippen molar-refractivity contribution in [3.8, 4) is 0 Å². The topological polar surface area (TPSA) is 110 Å². The molecule has 0 bridgehead atoms. The van der Waals surface area contributed by atoms with Crippen LogP contribution in [0.2, 0.25) is 15.5 Å². The first-order chi connectivity index (χ1) is 19.9. The molecule has 12 nitrogen and oxygen atoms in total. The number of rotatable bonds is 3. The number of hydrogen-bond acceptors (Lipinski definition) is 12. The normalized spacial score (nSPS) is 23.2. The molecule has 0 aromatic carbocycles. The molecule has 6 rings (SSSR count). The molecule has 0 saturated carbocycles. The summed E-state index contributed by atoms with van der Waals surface area (Å²) >= 11 is 17.7. The Balaban J connectivity index is 0.000000159. The van der Waals surface area contributed by atoms with Crippen molar-refractivity contribution in [3.05, 3.63) is 27.6 Å². The number of nitrogens with zero attached hydrogens (tertiary/aromatic N) is 7. The van der Waals surface area contributed by atoms with Crippen LogP contribution in [-0.4, -0.2) is 124 Å². The van der Waals surface area contributed by atoms with Crippen LogP contribution in [0.15, 0.2) is 12.1 Å². The Morgan fingerprint density at radius 3 is 1.66 bits per heavy atom. The predicted molar refractivity (Wildman–Crippen MR) is 161 cm³/mol. The highest BCUT2D eigenvalue weighted by Gasteiger charge is 2.23. The maximum absolute atomic E-state index is 6.17. The molecule has 6 heterocycles. The van der Waals surface area contributed by atoms with Crippen molar-refractivity contribution in [2.24, 2.45) is 0 Å². The molecule has 2 atom stereocenters. The van der Waals surface area contributed by atoms with Gasteiger partial charge in [0, 0.05) is 57.4 Å². The molecular weight excluding hydrogens is 595 g/mol. The molecule has 0 unspecified atom stereocenters. The van der Waals surface area contributed by atoms with Crippen molar-refractivity contribution in [2.45, 2.75) is 25.9 Å². The smallest absolute Gasteiger partial charge is 0.228 e. The van der Waals surface area contributed by atoms with Gasteiger partial charge in [0.25, 0.3) is 0 Å². The number of halogens is 3. The average molecular weight is 634 g/mol. The average Bonchev–Trinajstić information content (AvgIpc) is 2.99. The Kier molecular flexibility index (Phi) is 13.1. The van der Waals surface area contributed by atoms with Gasteiger partial charge in [0.2, 0.25) is 11.9 Å². The highest BCUT2D eigenvalue weighted by atomic mass is 35.5. The van der Waals surface area contributed by atoms with Crippen molar-refractivity contribution < 1.29 is 18.9 Å². The lowest BCUT2D eigenvalue weighted by atomic mass is 10.2. The molecule has 4 aliphatic heterocycles. The van der Waals surface area contributed by atoms with E-state index in [4.69, 9.17) is 53.8 Å². The van der Waals surface area contributed by atoms with Crippen LogP contribution < -0.4 is 20.0 Å². The number of nitrogens with one attached hydrogen (secondary N) is 1. The first-order valence-electron chi connectivity index (χ1n) is 13.9. The first kappa shape index (κ1) is 32.2.